The fourth-order valence-corrected chi connectivity index (χ4v) is 1.64. The average molecular weight is 220 g/mol. The Morgan fingerprint density at radius 2 is 2.38 bits per heavy atom. The minimum absolute atomic E-state index is 0.0666. The van der Waals surface area contributed by atoms with Gasteiger partial charge in [-0.3, -0.25) is 9.20 Å². The molecule has 5 heteroatoms. The molecular weight excluding hydrogens is 208 g/mol. The van der Waals surface area contributed by atoms with Gasteiger partial charge in [0.25, 0.3) is 0 Å². The van der Waals surface area contributed by atoms with Gasteiger partial charge in [-0.25, -0.2) is 4.98 Å². The molecule has 0 amide bonds. The highest BCUT2D eigenvalue weighted by atomic mass is 16.5. The van der Waals surface area contributed by atoms with E-state index in [4.69, 9.17) is 9.84 Å². The van der Waals surface area contributed by atoms with Crippen LogP contribution in [0.3, 0.4) is 0 Å². The van der Waals surface area contributed by atoms with E-state index in [0.29, 0.717) is 18.1 Å². The number of ether oxygens (including phenoxy) is 1. The van der Waals surface area contributed by atoms with Gasteiger partial charge >= 0.3 is 5.97 Å². The van der Waals surface area contributed by atoms with Crippen molar-refractivity contribution in [1.29, 1.82) is 0 Å². The Kier molecular flexibility index (Phi) is 2.76. The summed E-state index contributed by atoms with van der Waals surface area (Å²) in [5.41, 5.74) is 0.903. The summed E-state index contributed by atoms with van der Waals surface area (Å²) in [5.74, 6) is 0.539. The van der Waals surface area contributed by atoms with Crippen molar-refractivity contribution in [3.05, 3.63) is 30.2 Å². The van der Waals surface area contributed by atoms with Crippen LogP contribution >= 0.6 is 0 Å². The van der Waals surface area contributed by atoms with Crippen molar-refractivity contribution < 1.29 is 14.6 Å². The van der Waals surface area contributed by atoms with Gasteiger partial charge in [0, 0.05) is 6.42 Å². The zero-order valence-electron chi connectivity index (χ0n) is 8.88. The lowest BCUT2D eigenvalue weighted by Gasteiger charge is -2.06. The summed E-state index contributed by atoms with van der Waals surface area (Å²) in [7, 11) is 1.58. The number of imidazole rings is 1. The molecule has 0 saturated heterocycles. The maximum Gasteiger partial charge on any atom is 0.303 e. The van der Waals surface area contributed by atoms with Crippen molar-refractivity contribution in [3.8, 4) is 5.88 Å². The van der Waals surface area contributed by atoms with E-state index in [0.717, 1.165) is 5.52 Å². The molecule has 0 aliphatic heterocycles. The van der Waals surface area contributed by atoms with E-state index in [1.54, 1.807) is 13.3 Å². The van der Waals surface area contributed by atoms with Gasteiger partial charge in [-0.15, -0.1) is 0 Å². The molecular formula is C11H12N2O3. The molecule has 2 aromatic rings. The number of aryl methyl sites for hydroxylation is 1. The average Bonchev–Trinajstić information content (AvgIpc) is 2.69. The first kappa shape index (κ1) is 10.5. The van der Waals surface area contributed by atoms with Crippen LogP contribution in [0.25, 0.3) is 5.52 Å². The zero-order chi connectivity index (χ0) is 11.5. The molecule has 2 rings (SSSR count). The lowest BCUT2D eigenvalue weighted by Crippen LogP contribution is -2.03. The molecule has 0 atom stereocenters. The quantitative estimate of drug-likeness (QED) is 0.845. The molecule has 0 aliphatic carbocycles. The molecule has 0 fully saturated rings. The van der Waals surface area contributed by atoms with Crippen LogP contribution in [0, 0.1) is 0 Å². The molecule has 84 valence electrons. The Balaban J connectivity index is 2.41. The van der Waals surface area contributed by atoms with Gasteiger partial charge in [0.2, 0.25) is 0 Å². The third-order valence-electron chi connectivity index (χ3n) is 2.36. The Morgan fingerprint density at radius 1 is 1.56 bits per heavy atom. The predicted octanol–water partition coefficient (Wildman–Crippen LogP) is 1.36. The smallest absolute Gasteiger partial charge is 0.303 e. The van der Waals surface area contributed by atoms with E-state index in [2.05, 4.69) is 4.98 Å². The second-order valence-corrected chi connectivity index (χ2v) is 3.40. The summed E-state index contributed by atoms with van der Waals surface area (Å²) >= 11 is 0. The molecule has 16 heavy (non-hydrogen) atoms. The van der Waals surface area contributed by atoms with Crippen LogP contribution in [-0.2, 0) is 11.2 Å². The number of carbonyl (C=O) groups is 1. The minimum atomic E-state index is -0.827. The SMILES string of the molecule is COc1cccc2cnc(CCC(=O)O)n12. The van der Waals surface area contributed by atoms with Crippen LogP contribution in [0.2, 0.25) is 0 Å². The number of fused-ring (bicyclic) bond motifs is 1. The maximum atomic E-state index is 10.5. The molecule has 2 aromatic heterocycles. The van der Waals surface area contributed by atoms with Crippen molar-refractivity contribution in [2.24, 2.45) is 0 Å². The number of hydrogen-bond donors (Lipinski definition) is 1. The number of aliphatic carboxylic acids is 1. The second-order valence-electron chi connectivity index (χ2n) is 3.40. The van der Waals surface area contributed by atoms with Crippen LogP contribution in [0.4, 0.5) is 0 Å². The van der Waals surface area contributed by atoms with E-state index < -0.39 is 5.97 Å². The van der Waals surface area contributed by atoms with Crippen molar-refractivity contribution >= 4 is 11.5 Å². The molecule has 5 nitrogen and oxygen atoms in total. The van der Waals surface area contributed by atoms with Crippen LogP contribution in [0.5, 0.6) is 5.88 Å². The standard InChI is InChI=1S/C11H12N2O3/c1-16-10-4-2-3-8-7-12-9(13(8)10)5-6-11(14)15/h2-4,7H,5-6H2,1H3,(H,14,15). The monoisotopic (exact) mass is 220 g/mol. The third-order valence-corrected chi connectivity index (χ3v) is 2.36. The van der Waals surface area contributed by atoms with Crippen LogP contribution in [0.15, 0.2) is 24.4 Å². The first-order chi connectivity index (χ1) is 7.72. The number of pyridine rings is 1. The van der Waals surface area contributed by atoms with Gasteiger partial charge in [0.1, 0.15) is 5.82 Å². The third kappa shape index (κ3) is 1.84. The molecule has 0 radical (unpaired) electrons. The number of carboxylic acid groups (broad SMARTS) is 1. The van der Waals surface area contributed by atoms with Gasteiger partial charge in [0.15, 0.2) is 5.88 Å². The number of aromatic nitrogens is 2. The van der Waals surface area contributed by atoms with Crippen molar-refractivity contribution in [3.63, 3.8) is 0 Å². The fraction of sp³-hybridized carbons (Fsp3) is 0.273. The van der Waals surface area contributed by atoms with Crippen molar-refractivity contribution in [2.45, 2.75) is 12.8 Å². The first-order valence-electron chi connectivity index (χ1n) is 4.93. The van der Waals surface area contributed by atoms with Crippen molar-refractivity contribution in [1.82, 2.24) is 9.38 Å². The largest absolute Gasteiger partial charge is 0.482 e. The Labute approximate surface area is 92.3 Å². The Hall–Kier alpha value is -2.04. The molecule has 0 unspecified atom stereocenters. The van der Waals surface area contributed by atoms with E-state index in [-0.39, 0.29) is 6.42 Å². The molecule has 0 aliphatic rings. The van der Waals surface area contributed by atoms with Crippen LogP contribution < -0.4 is 4.74 Å². The predicted molar refractivity (Wildman–Crippen MR) is 57.7 cm³/mol. The highest BCUT2D eigenvalue weighted by Gasteiger charge is 2.09. The van der Waals surface area contributed by atoms with E-state index in [9.17, 15) is 4.79 Å². The number of nitrogens with zero attached hydrogens (tertiary/aromatic N) is 2. The van der Waals surface area contributed by atoms with E-state index in [1.807, 2.05) is 22.6 Å². The number of carboxylic acids is 1. The number of hydrogen-bond acceptors (Lipinski definition) is 3. The van der Waals surface area contributed by atoms with Gasteiger partial charge in [-0.05, 0) is 12.1 Å². The molecule has 0 spiro atoms. The minimum Gasteiger partial charge on any atom is -0.482 e. The van der Waals surface area contributed by atoms with E-state index >= 15 is 0 Å². The maximum absolute atomic E-state index is 10.5. The lowest BCUT2D eigenvalue weighted by atomic mass is 10.3. The molecule has 0 saturated carbocycles. The number of rotatable bonds is 4. The zero-order valence-corrected chi connectivity index (χ0v) is 8.88. The lowest BCUT2D eigenvalue weighted by molar-refractivity contribution is -0.137. The van der Waals surface area contributed by atoms with Crippen LogP contribution in [-0.4, -0.2) is 27.6 Å². The summed E-state index contributed by atoms with van der Waals surface area (Å²) in [6.07, 6.45) is 2.17. The van der Waals surface area contributed by atoms with Crippen LogP contribution in [0.1, 0.15) is 12.2 Å². The Morgan fingerprint density at radius 3 is 3.06 bits per heavy atom. The fourth-order valence-electron chi connectivity index (χ4n) is 1.64. The Bertz CT molecular complexity index is 519. The summed E-state index contributed by atoms with van der Waals surface area (Å²) in [4.78, 5) is 14.7. The highest BCUT2D eigenvalue weighted by Crippen LogP contribution is 2.17. The topological polar surface area (TPSA) is 63.8 Å². The molecule has 0 aromatic carbocycles. The van der Waals surface area contributed by atoms with Gasteiger partial charge in [-0.1, -0.05) is 6.07 Å². The summed E-state index contributed by atoms with van der Waals surface area (Å²) in [6, 6.07) is 5.59. The summed E-state index contributed by atoms with van der Waals surface area (Å²) in [5, 5.41) is 8.64. The molecule has 0 bridgehead atoms. The van der Waals surface area contributed by atoms with Gasteiger partial charge in [-0.2, -0.15) is 0 Å². The summed E-state index contributed by atoms with van der Waals surface area (Å²) < 4.78 is 7.03. The molecule has 2 heterocycles. The normalized spacial score (nSPS) is 10.6. The first-order valence-corrected chi connectivity index (χ1v) is 4.93. The second kappa shape index (κ2) is 4.22. The number of methoxy groups -OCH3 is 1. The molecule has 1 N–H and O–H groups in total. The summed E-state index contributed by atoms with van der Waals surface area (Å²) in [6.45, 7) is 0. The van der Waals surface area contributed by atoms with E-state index in [1.165, 1.54) is 0 Å². The highest BCUT2D eigenvalue weighted by molar-refractivity contribution is 5.67. The van der Waals surface area contributed by atoms with Crippen molar-refractivity contribution in [2.75, 3.05) is 7.11 Å². The van der Waals surface area contributed by atoms with Gasteiger partial charge < -0.3 is 9.84 Å². The van der Waals surface area contributed by atoms with Gasteiger partial charge in [0.05, 0.1) is 25.2 Å².